The highest BCUT2D eigenvalue weighted by molar-refractivity contribution is 6.55. The molecule has 0 spiro atoms. The molecule has 2 nitrogen and oxygen atoms in total. The van der Waals surface area contributed by atoms with Crippen molar-refractivity contribution in [2.24, 2.45) is 17.3 Å². The molecular formula is C15H20Cl2O2. The summed E-state index contributed by atoms with van der Waals surface area (Å²) in [4.78, 5) is 12.2. The quantitative estimate of drug-likeness (QED) is 0.562. The topological polar surface area (TPSA) is 26.3 Å². The van der Waals surface area contributed by atoms with Gasteiger partial charge in [-0.25, -0.2) is 0 Å². The summed E-state index contributed by atoms with van der Waals surface area (Å²) in [5.74, 6) is -0.156. The Labute approximate surface area is 124 Å². The predicted molar refractivity (Wildman–Crippen MR) is 78.0 cm³/mol. The lowest BCUT2D eigenvalue weighted by atomic mass is 10.1. The number of hydrogen-bond acceptors (Lipinski definition) is 2. The minimum absolute atomic E-state index is 0.0139. The maximum atomic E-state index is 12.2. The molecule has 0 heterocycles. The highest BCUT2D eigenvalue weighted by Crippen LogP contribution is 2.60. The Morgan fingerprint density at radius 1 is 1.26 bits per heavy atom. The van der Waals surface area contributed by atoms with E-state index in [0.717, 1.165) is 12.8 Å². The van der Waals surface area contributed by atoms with Crippen molar-refractivity contribution in [3.05, 3.63) is 21.7 Å². The number of rotatable bonds is 3. The minimum Gasteiger partial charge on any atom is -0.461 e. The fourth-order valence-corrected chi connectivity index (χ4v) is 3.27. The molecule has 0 aromatic carbocycles. The van der Waals surface area contributed by atoms with Crippen LogP contribution < -0.4 is 0 Å². The third-order valence-electron chi connectivity index (χ3n) is 4.55. The zero-order valence-electron chi connectivity index (χ0n) is 11.8. The maximum absolute atomic E-state index is 12.2. The average molecular weight is 303 g/mol. The van der Waals surface area contributed by atoms with Crippen LogP contribution in [-0.2, 0) is 9.53 Å². The molecule has 1 saturated carbocycles. The molecule has 2 aliphatic carbocycles. The first-order valence-electron chi connectivity index (χ1n) is 6.62. The van der Waals surface area contributed by atoms with Gasteiger partial charge in [0.1, 0.15) is 10.6 Å². The molecular weight excluding hydrogens is 283 g/mol. The van der Waals surface area contributed by atoms with Crippen molar-refractivity contribution in [2.45, 2.75) is 46.6 Å². The van der Waals surface area contributed by atoms with E-state index in [1.54, 1.807) is 6.08 Å². The second kappa shape index (κ2) is 5.14. The number of carbonyl (C=O) groups is 1. The Kier molecular flexibility index (Phi) is 4.04. The molecule has 2 aliphatic rings. The molecule has 1 fully saturated rings. The van der Waals surface area contributed by atoms with Crippen molar-refractivity contribution in [1.29, 1.82) is 0 Å². The number of carbonyl (C=O) groups excluding carboxylic acids is 1. The molecule has 0 amide bonds. The minimum atomic E-state index is -0.124. The van der Waals surface area contributed by atoms with Gasteiger partial charge in [0.25, 0.3) is 0 Å². The van der Waals surface area contributed by atoms with Gasteiger partial charge in [-0.15, -0.1) is 0 Å². The van der Waals surface area contributed by atoms with E-state index >= 15 is 0 Å². The van der Waals surface area contributed by atoms with Crippen LogP contribution in [0.25, 0.3) is 0 Å². The predicted octanol–water partition coefficient (Wildman–Crippen LogP) is 4.62. The van der Waals surface area contributed by atoms with Crippen LogP contribution in [0, 0.1) is 17.3 Å². The first-order valence-corrected chi connectivity index (χ1v) is 7.37. The maximum Gasteiger partial charge on any atom is 0.310 e. The van der Waals surface area contributed by atoms with Gasteiger partial charge in [-0.2, -0.15) is 0 Å². The van der Waals surface area contributed by atoms with E-state index in [0.29, 0.717) is 0 Å². The van der Waals surface area contributed by atoms with E-state index in [9.17, 15) is 4.79 Å². The van der Waals surface area contributed by atoms with E-state index in [2.05, 4.69) is 13.8 Å². The lowest BCUT2D eigenvalue weighted by Crippen LogP contribution is -2.19. The van der Waals surface area contributed by atoms with Crippen molar-refractivity contribution in [3.8, 4) is 0 Å². The van der Waals surface area contributed by atoms with Crippen LogP contribution in [-0.4, -0.2) is 12.1 Å². The fourth-order valence-electron chi connectivity index (χ4n) is 3.00. The lowest BCUT2D eigenvalue weighted by Gasteiger charge is -2.12. The molecule has 19 heavy (non-hydrogen) atoms. The average Bonchev–Trinajstić information content (AvgIpc) is 2.62. The number of halogens is 2. The Morgan fingerprint density at radius 2 is 1.79 bits per heavy atom. The van der Waals surface area contributed by atoms with E-state index in [1.807, 2.05) is 13.8 Å². The largest absolute Gasteiger partial charge is 0.461 e. The van der Waals surface area contributed by atoms with Gasteiger partial charge < -0.3 is 4.74 Å². The van der Waals surface area contributed by atoms with Crippen LogP contribution in [0.2, 0.25) is 0 Å². The summed E-state index contributed by atoms with van der Waals surface area (Å²) in [5, 5.41) is 0. The Morgan fingerprint density at radius 3 is 2.26 bits per heavy atom. The van der Waals surface area contributed by atoms with E-state index in [1.165, 1.54) is 11.1 Å². The summed E-state index contributed by atoms with van der Waals surface area (Å²) >= 11 is 11.4. The second-order valence-electron chi connectivity index (χ2n) is 6.31. The van der Waals surface area contributed by atoms with Gasteiger partial charge in [-0.05, 0) is 31.3 Å². The molecule has 0 unspecified atom stereocenters. The molecule has 2 rings (SSSR count). The zero-order valence-corrected chi connectivity index (χ0v) is 13.3. The van der Waals surface area contributed by atoms with E-state index < -0.39 is 0 Å². The van der Waals surface area contributed by atoms with Gasteiger partial charge in [0, 0.05) is 12.8 Å². The van der Waals surface area contributed by atoms with Crippen LogP contribution in [0.5, 0.6) is 0 Å². The highest BCUT2D eigenvalue weighted by atomic mass is 35.5. The van der Waals surface area contributed by atoms with Crippen LogP contribution in [0.1, 0.15) is 40.5 Å². The lowest BCUT2D eigenvalue weighted by molar-refractivity contribution is -0.151. The van der Waals surface area contributed by atoms with Crippen LogP contribution in [0.3, 0.4) is 0 Å². The van der Waals surface area contributed by atoms with Gasteiger partial charge in [0.15, 0.2) is 0 Å². The fraction of sp³-hybridized carbons (Fsp3) is 0.667. The molecule has 2 atom stereocenters. The first kappa shape index (κ1) is 14.9. The van der Waals surface area contributed by atoms with Crippen molar-refractivity contribution in [1.82, 2.24) is 0 Å². The first-order chi connectivity index (χ1) is 8.73. The smallest absolute Gasteiger partial charge is 0.310 e. The normalized spacial score (nSPS) is 29.4. The number of ether oxygens (including phenoxy) is 1. The van der Waals surface area contributed by atoms with Crippen LogP contribution in [0.4, 0.5) is 0 Å². The molecule has 0 N–H and O–H groups in total. The standard InChI is InChI=1S/C15H20Cl2O2/c1-8-5-10(6-9(8)2)19-14(18)13-11(7-12(16)17)15(13,3)4/h7,10-11,13H,5-6H2,1-4H3/t11-,13-/m0/s1. The van der Waals surface area contributed by atoms with Crippen molar-refractivity contribution >= 4 is 29.2 Å². The molecule has 0 aromatic heterocycles. The molecule has 0 aliphatic heterocycles. The van der Waals surface area contributed by atoms with Gasteiger partial charge in [0.05, 0.1) is 5.92 Å². The van der Waals surface area contributed by atoms with Gasteiger partial charge in [-0.3, -0.25) is 4.79 Å². The van der Waals surface area contributed by atoms with Crippen molar-refractivity contribution < 1.29 is 9.53 Å². The van der Waals surface area contributed by atoms with Crippen LogP contribution >= 0.6 is 23.2 Å². The van der Waals surface area contributed by atoms with Crippen molar-refractivity contribution in [2.75, 3.05) is 0 Å². The summed E-state index contributed by atoms with van der Waals surface area (Å²) in [6.07, 6.45) is 3.49. The van der Waals surface area contributed by atoms with Crippen molar-refractivity contribution in [3.63, 3.8) is 0 Å². The molecule has 0 aromatic rings. The molecule has 0 saturated heterocycles. The summed E-state index contributed by atoms with van der Waals surface area (Å²) in [5.41, 5.74) is 2.57. The third kappa shape index (κ3) is 3.00. The van der Waals surface area contributed by atoms with E-state index in [4.69, 9.17) is 27.9 Å². The van der Waals surface area contributed by atoms with Gasteiger partial charge >= 0.3 is 5.97 Å². The molecule has 0 radical (unpaired) electrons. The summed E-state index contributed by atoms with van der Waals surface area (Å²) in [6, 6.07) is 0. The van der Waals surface area contributed by atoms with Crippen LogP contribution in [0.15, 0.2) is 21.7 Å². The summed E-state index contributed by atoms with van der Waals surface area (Å²) in [7, 11) is 0. The van der Waals surface area contributed by atoms with E-state index in [-0.39, 0.29) is 33.8 Å². The SMILES string of the molecule is CC1=C(C)CC(OC(=O)[C@@H]2[C@H](C=C(Cl)Cl)C2(C)C)C1. The monoisotopic (exact) mass is 302 g/mol. The van der Waals surface area contributed by atoms with Gasteiger partial charge in [0.2, 0.25) is 0 Å². The molecule has 4 heteroatoms. The number of esters is 1. The zero-order chi connectivity index (χ0) is 14.4. The Hall–Kier alpha value is -0.470. The molecule has 106 valence electrons. The Bertz CT molecular complexity index is 445. The number of hydrogen-bond donors (Lipinski definition) is 0. The molecule has 0 bridgehead atoms. The second-order valence-corrected chi connectivity index (χ2v) is 7.32. The highest BCUT2D eigenvalue weighted by Gasteiger charge is 2.61. The van der Waals surface area contributed by atoms with Gasteiger partial charge in [-0.1, -0.05) is 48.2 Å². The number of allylic oxidation sites excluding steroid dienone is 1. The summed E-state index contributed by atoms with van der Waals surface area (Å²) in [6.45, 7) is 8.28. The summed E-state index contributed by atoms with van der Waals surface area (Å²) < 4.78 is 5.85. The Balaban J connectivity index is 1.94. The third-order valence-corrected chi connectivity index (χ3v) is 4.80.